The number of nitrogens with zero attached hydrogens (tertiary/aromatic N) is 4. The molecule has 1 N–H and O–H groups in total. The largest absolute Gasteiger partial charge is 0.337 e. The summed E-state index contributed by atoms with van der Waals surface area (Å²) in [7, 11) is 1.79. The number of rotatable bonds is 5. The van der Waals surface area contributed by atoms with Gasteiger partial charge in [0, 0.05) is 41.5 Å². The van der Waals surface area contributed by atoms with Crippen LogP contribution in [0.2, 0.25) is 0 Å². The molecule has 0 unspecified atom stereocenters. The summed E-state index contributed by atoms with van der Waals surface area (Å²) in [6, 6.07) is 9.69. The topological polar surface area (TPSA) is 85.8 Å². The van der Waals surface area contributed by atoms with Gasteiger partial charge in [-0.3, -0.25) is 9.78 Å². The van der Waals surface area contributed by atoms with Crippen molar-refractivity contribution in [3.8, 4) is 11.1 Å². The standard InChI is InChI=1S/C23H25N5O2/c1-6-13(2)21-26-23(27-30-21)25-17-8-7-14(3)18(11-17)19-10-16-12-24-15(4)9-20(16)28(5)22(19)29/h7-13H,6H2,1-5H3,(H,25,27)/t13-/m0/s1. The molecule has 0 aliphatic rings. The van der Waals surface area contributed by atoms with E-state index >= 15 is 0 Å². The van der Waals surface area contributed by atoms with E-state index in [9.17, 15) is 4.79 Å². The highest BCUT2D eigenvalue weighted by Gasteiger charge is 2.15. The second-order valence-electron chi connectivity index (χ2n) is 7.73. The number of fused-ring (bicyclic) bond motifs is 1. The Bertz CT molecular complexity index is 1290. The van der Waals surface area contributed by atoms with Gasteiger partial charge in [0.15, 0.2) is 0 Å². The highest BCUT2D eigenvalue weighted by molar-refractivity contribution is 5.85. The third-order valence-corrected chi connectivity index (χ3v) is 5.50. The normalized spacial score (nSPS) is 12.3. The van der Waals surface area contributed by atoms with Crippen molar-refractivity contribution in [3.05, 3.63) is 64.0 Å². The van der Waals surface area contributed by atoms with Gasteiger partial charge in [-0.25, -0.2) is 0 Å². The van der Waals surface area contributed by atoms with Crippen LogP contribution in [0.1, 0.15) is 43.3 Å². The Labute approximate surface area is 174 Å². The Morgan fingerprint density at radius 3 is 2.73 bits per heavy atom. The van der Waals surface area contributed by atoms with E-state index in [1.165, 1.54) is 0 Å². The van der Waals surface area contributed by atoms with Crippen LogP contribution in [0.15, 0.2) is 45.8 Å². The summed E-state index contributed by atoms with van der Waals surface area (Å²) in [4.78, 5) is 21.9. The molecule has 1 atom stereocenters. The molecular weight excluding hydrogens is 378 g/mol. The van der Waals surface area contributed by atoms with Crippen molar-refractivity contribution < 1.29 is 4.52 Å². The smallest absolute Gasteiger partial charge is 0.267 e. The molecule has 0 amide bonds. The summed E-state index contributed by atoms with van der Waals surface area (Å²) >= 11 is 0. The van der Waals surface area contributed by atoms with Crippen LogP contribution < -0.4 is 10.9 Å². The number of benzene rings is 1. The predicted molar refractivity (Wildman–Crippen MR) is 118 cm³/mol. The van der Waals surface area contributed by atoms with Crippen molar-refractivity contribution in [2.24, 2.45) is 7.05 Å². The zero-order valence-electron chi connectivity index (χ0n) is 17.9. The van der Waals surface area contributed by atoms with Crippen LogP contribution in [-0.2, 0) is 7.05 Å². The van der Waals surface area contributed by atoms with E-state index in [2.05, 4.69) is 27.4 Å². The van der Waals surface area contributed by atoms with Crippen molar-refractivity contribution in [1.29, 1.82) is 0 Å². The molecule has 30 heavy (non-hydrogen) atoms. The number of pyridine rings is 2. The molecule has 3 heterocycles. The van der Waals surface area contributed by atoms with Crippen LogP contribution in [0, 0.1) is 13.8 Å². The lowest BCUT2D eigenvalue weighted by atomic mass is 9.99. The molecule has 4 rings (SSSR count). The molecule has 0 radical (unpaired) electrons. The van der Waals surface area contributed by atoms with Gasteiger partial charge in [0.2, 0.25) is 5.89 Å². The maximum Gasteiger partial charge on any atom is 0.267 e. The third-order valence-electron chi connectivity index (χ3n) is 5.50. The number of aryl methyl sites for hydroxylation is 3. The predicted octanol–water partition coefficient (Wildman–Crippen LogP) is 4.86. The first-order valence-electron chi connectivity index (χ1n) is 10.1. The monoisotopic (exact) mass is 403 g/mol. The van der Waals surface area contributed by atoms with Crippen LogP contribution in [-0.4, -0.2) is 19.7 Å². The molecule has 0 aliphatic carbocycles. The van der Waals surface area contributed by atoms with E-state index in [0.717, 1.165) is 39.8 Å². The summed E-state index contributed by atoms with van der Waals surface area (Å²) in [6.07, 6.45) is 2.73. The molecule has 0 fully saturated rings. The lowest BCUT2D eigenvalue weighted by molar-refractivity contribution is 0.357. The Morgan fingerprint density at radius 2 is 1.97 bits per heavy atom. The van der Waals surface area contributed by atoms with Crippen LogP contribution in [0.25, 0.3) is 22.0 Å². The lowest BCUT2D eigenvalue weighted by Gasteiger charge is -2.12. The summed E-state index contributed by atoms with van der Waals surface area (Å²) in [5, 5.41) is 8.12. The molecule has 4 aromatic rings. The number of hydrogen-bond acceptors (Lipinski definition) is 6. The van der Waals surface area contributed by atoms with E-state index in [-0.39, 0.29) is 11.5 Å². The molecule has 1 aromatic carbocycles. The molecule has 154 valence electrons. The van der Waals surface area contributed by atoms with Crippen molar-refractivity contribution in [3.63, 3.8) is 0 Å². The van der Waals surface area contributed by atoms with Gasteiger partial charge in [-0.05, 0) is 60.8 Å². The molecule has 3 aromatic heterocycles. The molecule has 0 saturated heterocycles. The summed E-state index contributed by atoms with van der Waals surface area (Å²) < 4.78 is 7.01. The zero-order chi connectivity index (χ0) is 21.4. The van der Waals surface area contributed by atoms with E-state index in [0.29, 0.717) is 17.4 Å². The Balaban J connectivity index is 1.75. The van der Waals surface area contributed by atoms with Gasteiger partial charge in [-0.1, -0.05) is 19.9 Å². The minimum atomic E-state index is -0.0491. The summed E-state index contributed by atoms with van der Waals surface area (Å²) in [5.74, 6) is 1.23. The van der Waals surface area contributed by atoms with Crippen molar-refractivity contribution in [2.45, 2.75) is 40.0 Å². The van der Waals surface area contributed by atoms with E-state index in [1.54, 1.807) is 17.8 Å². The number of hydrogen-bond donors (Lipinski definition) is 1. The van der Waals surface area contributed by atoms with Crippen LogP contribution in [0.3, 0.4) is 0 Å². The van der Waals surface area contributed by atoms with Gasteiger partial charge in [0.25, 0.3) is 11.5 Å². The zero-order valence-corrected chi connectivity index (χ0v) is 17.9. The SMILES string of the molecule is CC[C@H](C)c1nc(Nc2ccc(C)c(-c3cc4cnc(C)cc4n(C)c3=O)c2)no1. The maximum atomic E-state index is 13.1. The van der Waals surface area contributed by atoms with Crippen LogP contribution >= 0.6 is 0 Å². The fourth-order valence-corrected chi connectivity index (χ4v) is 3.44. The third kappa shape index (κ3) is 3.58. The molecule has 7 nitrogen and oxygen atoms in total. The van der Waals surface area contributed by atoms with Crippen LogP contribution in [0.5, 0.6) is 0 Å². The first-order chi connectivity index (χ1) is 14.4. The molecule has 7 heteroatoms. The second-order valence-corrected chi connectivity index (χ2v) is 7.73. The Hall–Kier alpha value is -3.48. The minimum Gasteiger partial charge on any atom is -0.337 e. The number of anilines is 2. The van der Waals surface area contributed by atoms with Crippen LogP contribution in [0.4, 0.5) is 11.6 Å². The Morgan fingerprint density at radius 1 is 1.17 bits per heavy atom. The molecule has 0 saturated carbocycles. The van der Waals surface area contributed by atoms with Gasteiger partial charge in [-0.2, -0.15) is 4.98 Å². The number of nitrogens with one attached hydrogen (secondary N) is 1. The maximum absolute atomic E-state index is 13.1. The summed E-state index contributed by atoms with van der Waals surface area (Å²) in [6.45, 7) is 8.04. The van der Waals surface area contributed by atoms with E-state index < -0.39 is 0 Å². The van der Waals surface area contributed by atoms with E-state index in [4.69, 9.17) is 4.52 Å². The highest BCUT2D eigenvalue weighted by atomic mass is 16.5. The molecule has 0 spiro atoms. The van der Waals surface area contributed by atoms with Gasteiger partial charge in [0.05, 0.1) is 5.52 Å². The fourth-order valence-electron chi connectivity index (χ4n) is 3.44. The van der Waals surface area contributed by atoms with Crippen molar-refractivity contribution in [1.82, 2.24) is 19.7 Å². The van der Waals surface area contributed by atoms with Crippen molar-refractivity contribution in [2.75, 3.05) is 5.32 Å². The van der Waals surface area contributed by atoms with Gasteiger partial charge < -0.3 is 14.4 Å². The van der Waals surface area contributed by atoms with E-state index in [1.807, 2.05) is 51.1 Å². The highest BCUT2D eigenvalue weighted by Crippen LogP contribution is 2.28. The molecule has 0 bridgehead atoms. The van der Waals surface area contributed by atoms with Gasteiger partial charge >= 0.3 is 0 Å². The molecule has 0 aliphatic heterocycles. The minimum absolute atomic E-state index is 0.0491. The average molecular weight is 403 g/mol. The summed E-state index contributed by atoms with van der Waals surface area (Å²) in [5.41, 5.74) is 4.98. The molecular formula is C23H25N5O2. The number of aromatic nitrogens is 4. The average Bonchev–Trinajstić information content (AvgIpc) is 3.20. The van der Waals surface area contributed by atoms with Gasteiger partial charge in [0.1, 0.15) is 0 Å². The van der Waals surface area contributed by atoms with Crippen molar-refractivity contribution >= 4 is 22.5 Å². The lowest BCUT2D eigenvalue weighted by Crippen LogP contribution is -2.19. The Kier molecular flexibility index (Phi) is 5.11. The fraction of sp³-hybridized carbons (Fsp3) is 0.304. The second kappa shape index (κ2) is 7.74. The first-order valence-corrected chi connectivity index (χ1v) is 10.1. The first kappa shape index (κ1) is 19.8. The quantitative estimate of drug-likeness (QED) is 0.512. The van der Waals surface area contributed by atoms with Gasteiger partial charge in [-0.15, -0.1) is 0 Å².